The lowest BCUT2D eigenvalue weighted by molar-refractivity contribution is -0.146. The van der Waals surface area contributed by atoms with Crippen LogP contribution in [0.15, 0.2) is 12.3 Å². The molecule has 31 heavy (non-hydrogen) atoms. The van der Waals surface area contributed by atoms with E-state index in [1.165, 1.54) is 0 Å². The summed E-state index contributed by atoms with van der Waals surface area (Å²) < 4.78 is 39.4. The highest BCUT2D eigenvalue weighted by molar-refractivity contribution is 5.83. The maximum atomic E-state index is 13.8. The van der Waals surface area contributed by atoms with Gasteiger partial charge < -0.3 is 14.9 Å². The highest BCUT2D eigenvalue weighted by atomic mass is 19.4. The van der Waals surface area contributed by atoms with Crippen LogP contribution in [0.5, 0.6) is 0 Å². The van der Waals surface area contributed by atoms with Gasteiger partial charge in [0.1, 0.15) is 0 Å². The van der Waals surface area contributed by atoms with Gasteiger partial charge in [-0.3, -0.25) is 9.78 Å². The minimum Gasteiger partial charge on any atom is -0.393 e. The first-order valence-corrected chi connectivity index (χ1v) is 11.4. The number of aliphatic hydroxyl groups is 1. The second-order valence-corrected chi connectivity index (χ2v) is 9.78. The number of fused-ring (bicyclic) bond motifs is 1. The van der Waals surface area contributed by atoms with Crippen molar-refractivity contribution in [3.05, 3.63) is 29.1 Å². The summed E-state index contributed by atoms with van der Waals surface area (Å²) in [5.74, 6) is 0.228. The van der Waals surface area contributed by atoms with Crippen molar-refractivity contribution in [2.45, 2.75) is 77.2 Å². The van der Waals surface area contributed by atoms with Gasteiger partial charge in [0.15, 0.2) is 0 Å². The molecule has 0 aromatic carbocycles. The molecule has 1 aliphatic carbocycles. The predicted octanol–water partition coefficient (Wildman–Crippen LogP) is 3.64. The molecule has 3 heterocycles. The Labute approximate surface area is 181 Å². The van der Waals surface area contributed by atoms with Crippen LogP contribution >= 0.6 is 0 Å². The molecule has 2 aliphatic heterocycles. The van der Waals surface area contributed by atoms with E-state index < -0.39 is 17.2 Å². The Hall–Kier alpha value is -1.67. The largest absolute Gasteiger partial charge is 0.417 e. The molecular formula is C23H32F3N3O2. The minimum absolute atomic E-state index is 0.0742. The summed E-state index contributed by atoms with van der Waals surface area (Å²) in [5.41, 5.74) is -0.0696. The molecule has 2 atom stereocenters. The van der Waals surface area contributed by atoms with Crippen molar-refractivity contribution >= 4 is 5.91 Å². The number of alkyl halides is 3. The van der Waals surface area contributed by atoms with Gasteiger partial charge in [0.05, 0.1) is 17.1 Å². The highest BCUT2D eigenvalue weighted by Crippen LogP contribution is 2.48. The number of pyridine rings is 1. The number of carbonyl (C=O) groups excluding carboxylic acids is 1. The van der Waals surface area contributed by atoms with Crippen LogP contribution in [0.1, 0.15) is 62.8 Å². The number of halogens is 3. The molecule has 3 aliphatic rings. The number of rotatable bonds is 3. The van der Waals surface area contributed by atoms with Crippen molar-refractivity contribution in [3.63, 3.8) is 0 Å². The van der Waals surface area contributed by atoms with E-state index in [0.29, 0.717) is 30.3 Å². The Morgan fingerprint density at radius 2 is 1.94 bits per heavy atom. The molecule has 1 amide bonds. The molecule has 1 saturated carbocycles. The van der Waals surface area contributed by atoms with E-state index in [1.807, 2.05) is 0 Å². The minimum atomic E-state index is -4.44. The lowest BCUT2D eigenvalue weighted by Crippen LogP contribution is -2.49. The molecule has 172 valence electrons. The first-order valence-electron chi connectivity index (χ1n) is 11.4. The van der Waals surface area contributed by atoms with Gasteiger partial charge in [0.2, 0.25) is 5.91 Å². The molecule has 0 bridgehead atoms. The molecule has 1 N–H and O–H groups in total. The number of carbonyl (C=O) groups is 1. The van der Waals surface area contributed by atoms with Crippen LogP contribution in [-0.4, -0.2) is 57.6 Å². The Balaban J connectivity index is 1.51. The van der Waals surface area contributed by atoms with Gasteiger partial charge >= 0.3 is 6.18 Å². The van der Waals surface area contributed by atoms with Crippen molar-refractivity contribution < 1.29 is 23.1 Å². The monoisotopic (exact) mass is 439 g/mol. The number of nitrogens with zero attached hydrogens (tertiary/aromatic N) is 3. The summed E-state index contributed by atoms with van der Waals surface area (Å²) in [4.78, 5) is 22.0. The lowest BCUT2D eigenvalue weighted by Gasteiger charge is -2.40. The summed E-state index contributed by atoms with van der Waals surface area (Å²) in [6, 6.07) is 1.48. The number of aliphatic hydroxyl groups excluding tert-OH is 1. The number of hydrogen-bond donors (Lipinski definition) is 1. The molecule has 4 rings (SSSR count). The van der Waals surface area contributed by atoms with Gasteiger partial charge in [-0.15, -0.1) is 0 Å². The summed E-state index contributed by atoms with van der Waals surface area (Å²) in [7, 11) is 0. The van der Waals surface area contributed by atoms with E-state index in [1.54, 1.807) is 4.90 Å². The van der Waals surface area contributed by atoms with E-state index >= 15 is 0 Å². The van der Waals surface area contributed by atoms with Gasteiger partial charge in [0.25, 0.3) is 0 Å². The molecule has 5 nitrogen and oxygen atoms in total. The summed E-state index contributed by atoms with van der Waals surface area (Å²) >= 11 is 0. The zero-order valence-electron chi connectivity index (χ0n) is 18.3. The van der Waals surface area contributed by atoms with Crippen molar-refractivity contribution in [2.24, 2.45) is 11.3 Å². The lowest BCUT2D eigenvalue weighted by atomic mass is 9.73. The topological polar surface area (TPSA) is 56.7 Å². The fourth-order valence-corrected chi connectivity index (χ4v) is 5.65. The SMILES string of the molecule is CC(C)[C@]1(C(=O)N2CCc3ncc(C(F)(F)F)cc3C2)CCC(N2CCC(O)CC2)C1. The molecule has 1 unspecified atom stereocenters. The number of likely N-dealkylation sites (tertiary alicyclic amines) is 1. The van der Waals surface area contributed by atoms with Gasteiger partial charge in [0, 0.05) is 50.5 Å². The molecule has 0 spiro atoms. The molecule has 2 fully saturated rings. The number of piperidine rings is 1. The maximum Gasteiger partial charge on any atom is 0.417 e. The highest BCUT2D eigenvalue weighted by Gasteiger charge is 2.51. The van der Waals surface area contributed by atoms with Gasteiger partial charge in [-0.1, -0.05) is 13.8 Å². The zero-order chi connectivity index (χ0) is 22.4. The summed E-state index contributed by atoms with van der Waals surface area (Å²) in [5, 5.41) is 9.81. The van der Waals surface area contributed by atoms with E-state index in [0.717, 1.165) is 57.5 Å². The summed E-state index contributed by atoms with van der Waals surface area (Å²) in [6.07, 6.45) is 0.800. The van der Waals surface area contributed by atoms with E-state index in [9.17, 15) is 23.1 Å². The standard InChI is InChI=1S/C23H32F3N3O2/c1-15(2)22(7-3-18(12-22)28-8-4-19(30)5-9-28)21(31)29-10-6-20-16(14-29)11-17(13-27-20)23(24,25)26/h11,13,15,18-19,30H,3-10,12,14H2,1-2H3/t18?,22-/m0/s1. The third kappa shape index (κ3) is 4.33. The van der Waals surface area contributed by atoms with Gasteiger partial charge in [-0.25, -0.2) is 0 Å². The normalized spacial score (nSPS) is 28.2. The van der Waals surface area contributed by atoms with Crippen LogP contribution in [0, 0.1) is 11.3 Å². The molecule has 1 aromatic heterocycles. The van der Waals surface area contributed by atoms with Gasteiger partial charge in [-0.2, -0.15) is 13.2 Å². The van der Waals surface area contributed by atoms with Crippen LogP contribution in [0.3, 0.4) is 0 Å². The number of amides is 1. The fraction of sp³-hybridized carbons (Fsp3) is 0.739. The van der Waals surface area contributed by atoms with Crippen LogP contribution in [0.2, 0.25) is 0 Å². The van der Waals surface area contributed by atoms with Crippen LogP contribution in [-0.2, 0) is 23.9 Å². The number of hydrogen-bond acceptors (Lipinski definition) is 4. The Morgan fingerprint density at radius 1 is 1.23 bits per heavy atom. The van der Waals surface area contributed by atoms with Crippen molar-refractivity contribution in [3.8, 4) is 0 Å². The third-order valence-electron chi connectivity index (χ3n) is 7.72. The van der Waals surface area contributed by atoms with Crippen molar-refractivity contribution in [2.75, 3.05) is 19.6 Å². The van der Waals surface area contributed by atoms with Gasteiger partial charge in [-0.05, 0) is 49.7 Å². The Kier molecular flexibility index (Phi) is 6.07. The Morgan fingerprint density at radius 3 is 2.58 bits per heavy atom. The van der Waals surface area contributed by atoms with E-state index in [2.05, 4.69) is 23.7 Å². The zero-order valence-corrected chi connectivity index (χ0v) is 18.3. The molecule has 1 aromatic rings. The quantitative estimate of drug-likeness (QED) is 0.782. The van der Waals surface area contributed by atoms with Crippen molar-refractivity contribution in [1.82, 2.24) is 14.8 Å². The predicted molar refractivity (Wildman–Crippen MR) is 110 cm³/mol. The van der Waals surface area contributed by atoms with Crippen LogP contribution < -0.4 is 0 Å². The molecule has 1 saturated heterocycles. The van der Waals surface area contributed by atoms with E-state index in [4.69, 9.17) is 0 Å². The Bertz CT molecular complexity index is 821. The first kappa shape index (κ1) is 22.5. The fourth-order valence-electron chi connectivity index (χ4n) is 5.65. The van der Waals surface area contributed by atoms with Crippen molar-refractivity contribution in [1.29, 1.82) is 0 Å². The average molecular weight is 440 g/mol. The smallest absolute Gasteiger partial charge is 0.393 e. The molecule has 0 radical (unpaired) electrons. The summed E-state index contributed by atoms with van der Waals surface area (Å²) in [6.45, 7) is 6.58. The average Bonchev–Trinajstić information content (AvgIpc) is 3.19. The van der Waals surface area contributed by atoms with Crippen LogP contribution in [0.4, 0.5) is 13.2 Å². The number of aromatic nitrogens is 1. The first-order chi connectivity index (χ1) is 14.6. The third-order valence-corrected chi connectivity index (χ3v) is 7.72. The second kappa shape index (κ2) is 8.35. The van der Waals surface area contributed by atoms with Crippen LogP contribution in [0.25, 0.3) is 0 Å². The maximum absolute atomic E-state index is 13.8. The molecular weight excluding hydrogens is 407 g/mol. The second-order valence-electron chi connectivity index (χ2n) is 9.78. The van der Waals surface area contributed by atoms with E-state index in [-0.39, 0.29) is 24.5 Å². The molecule has 8 heteroatoms.